The SMILES string of the molecule is O=C(O)C1CCN(S(=O)(=O)c2c(F)c(F)cc(F)c2F)C1. The van der Waals surface area contributed by atoms with Crippen LogP contribution in [0.2, 0.25) is 0 Å². The monoisotopic (exact) mass is 327 g/mol. The van der Waals surface area contributed by atoms with Crippen LogP contribution in [0, 0.1) is 29.2 Å². The van der Waals surface area contributed by atoms with Crippen LogP contribution in [0.1, 0.15) is 6.42 Å². The van der Waals surface area contributed by atoms with Crippen molar-refractivity contribution in [2.24, 2.45) is 5.92 Å². The van der Waals surface area contributed by atoms with Crippen molar-refractivity contribution in [3.63, 3.8) is 0 Å². The minimum atomic E-state index is -4.87. The Labute approximate surface area is 116 Å². The van der Waals surface area contributed by atoms with E-state index < -0.39 is 56.6 Å². The number of benzene rings is 1. The average molecular weight is 327 g/mol. The molecule has 1 fully saturated rings. The summed E-state index contributed by atoms with van der Waals surface area (Å²) in [4.78, 5) is 9.02. The molecule has 1 aliphatic rings. The Balaban J connectivity index is 2.49. The number of carboxylic acids is 1. The summed E-state index contributed by atoms with van der Waals surface area (Å²) < 4.78 is 77.9. The van der Waals surface area contributed by atoms with Gasteiger partial charge in [0, 0.05) is 19.2 Å². The lowest BCUT2D eigenvalue weighted by atomic mass is 10.1. The summed E-state index contributed by atoms with van der Waals surface area (Å²) >= 11 is 0. The summed E-state index contributed by atoms with van der Waals surface area (Å²) in [6.45, 7) is -0.828. The standard InChI is InChI=1S/C11H9F4NO4S/c12-6-3-7(13)9(15)10(8(6)14)21(19,20)16-2-1-5(4-16)11(17)18/h3,5H,1-2,4H2,(H,17,18). The van der Waals surface area contributed by atoms with Gasteiger partial charge in [-0.1, -0.05) is 0 Å². The van der Waals surface area contributed by atoms with Gasteiger partial charge in [-0.15, -0.1) is 0 Å². The molecule has 0 amide bonds. The Morgan fingerprint density at radius 3 is 2.14 bits per heavy atom. The molecule has 0 bridgehead atoms. The van der Waals surface area contributed by atoms with Gasteiger partial charge in [0.15, 0.2) is 28.2 Å². The lowest BCUT2D eigenvalue weighted by molar-refractivity contribution is -0.141. The number of nitrogens with zero attached hydrogens (tertiary/aromatic N) is 1. The van der Waals surface area contributed by atoms with E-state index in [1.807, 2.05) is 0 Å². The second-order valence-corrected chi connectivity index (χ2v) is 6.36. The first kappa shape index (κ1) is 15.7. The largest absolute Gasteiger partial charge is 0.481 e. The summed E-state index contributed by atoms with van der Waals surface area (Å²) in [5.41, 5.74) is 0. The molecular formula is C11H9F4NO4S. The molecule has 0 spiro atoms. The number of rotatable bonds is 3. The van der Waals surface area contributed by atoms with E-state index in [1.54, 1.807) is 0 Å². The van der Waals surface area contributed by atoms with Gasteiger partial charge in [0.1, 0.15) is 0 Å². The molecular weight excluding hydrogens is 318 g/mol. The molecule has 1 aromatic rings. The molecule has 2 rings (SSSR count). The van der Waals surface area contributed by atoms with E-state index in [2.05, 4.69) is 0 Å². The van der Waals surface area contributed by atoms with Crippen LogP contribution in [0.3, 0.4) is 0 Å². The van der Waals surface area contributed by atoms with Crippen LogP contribution in [0.15, 0.2) is 11.0 Å². The normalized spacial score (nSPS) is 19.9. The van der Waals surface area contributed by atoms with Crippen molar-refractivity contribution in [2.45, 2.75) is 11.3 Å². The Bertz CT molecular complexity index is 680. The van der Waals surface area contributed by atoms with E-state index in [0.29, 0.717) is 4.31 Å². The molecule has 116 valence electrons. The van der Waals surface area contributed by atoms with Crippen LogP contribution in [-0.4, -0.2) is 36.9 Å². The first-order chi connectivity index (χ1) is 9.66. The Hall–Kier alpha value is -1.68. The highest BCUT2D eigenvalue weighted by Crippen LogP contribution is 2.30. The first-order valence-corrected chi connectivity index (χ1v) is 7.16. The summed E-state index contributed by atoms with van der Waals surface area (Å²) in [5, 5.41) is 8.78. The molecule has 1 N–H and O–H groups in total. The van der Waals surface area contributed by atoms with Gasteiger partial charge in [-0.05, 0) is 6.42 Å². The van der Waals surface area contributed by atoms with Gasteiger partial charge in [0.05, 0.1) is 5.92 Å². The fraction of sp³-hybridized carbons (Fsp3) is 0.364. The minimum Gasteiger partial charge on any atom is -0.481 e. The van der Waals surface area contributed by atoms with Gasteiger partial charge in [-0.3, -0.25) is 4.79 Å². The quantitative estimate of drug-likeness (QED) is 0.671. The zero-order valence-corrected chi connectivity index (χ0v) is 11.1. The zero-order valence-electron chi connectivity index (χ0n) is 10.3. The van der Waals surface area contributed by atoms with Crippen molar-refractivity contribution in [1.82, 2.24) is 4.31 Å². The van der Waals surface area contributed by atoms with Crippen LogP contribution in [0.25, 0.3) is 0 Å². The van der Waals surface area contributed by atoms with Crippen LogP contribution in [0.4, 0.5) is 17.6 Å². The molecule has 10 heteroatoms. The topological polar surface area (TPSA) is 74.7 Å². The van der Waals surface area contributed by atoms with Crippen molar-refractivity contribution in [1.29, 1.82) is 0 Å². The molecule has 21 heavy (non-hydrogen) atoms. The number of aliphatic carboxylic acids is 1. The first-order valence-electron chi connectivity index (χ1n) is 5.72. The molecule has 1 atom stereocenters. The van der Waals surface area contributed by atoms with Crippen molar-refractivity contribution in [2.75, 3.05) is 13.1 Å². The number of hydrogen-bond donors (Lipinski definition) is 1. The van der Waals surface area contributed by atoms with Gasteiger partial charge in [-0.25, -0.2) is 26.0 Å². The van der Waals surface area contributed by atoms with E-state index in [9.17, 15) is 30.8 Å². The summed E-state index contributed by atoms with van der Waals surface area (Å²) in [5.74, 6) is -10.1. The summed E-state index contributed by atoms with van der Waals surface area (Å²) in [6.07, 6.45) is -0.0599. The van der Waals surface area contributed by atoms with Gasteiger partial charge in [0.2, 0.25) is 10.0 Å². The van der Waals surface area contributed by atoms with Crippen LogP contribution in [0.5, 0.6) is 0 Å². The third-order valence-corrected chi connectivity index (χ3v) is 5.06. The highest BCUT2D eigenvalue weighted by molar-refractivity contribution is 7.89. The molecule has 5 nitrogen and oxygen atoms in total. The highest BCUT2D eigenvalue weighted by Gasteiger charge is 2.40. The van der Waals surface area contributed by atoms with E-state index in [0.717, 1.165) is 0 Å². The summed E-state index contributed by atoms with van der Waals surface area (Å²) in [6, 6.07) is -0.103. The predicted octanol–water partition coefficient (Wildman–Crippen LogP) is 1.34. The molecule has 1 unspecified atom stereocenters. The minimum absolute atomic E-state index is 0.0599. The van der Waals surface area contributed by atoms with Crippen molar-refractivity contribution < 1.29 is 35.9 Å². The van der Waals surface area contributed by atoms with Crippen molar-refractivity contribution in [3.8, 4) is 0 Å². The molecule has 0 radical (unpaired) electrons. The van der Waals surface area contributed by atoms with E-state index >= 15 is 0 Å². The highest BCUT2D eigenvalue weighted by atomic mass is 32.2. The molecule has 1 heterocycles. The maximum atomic E-state index is 13.5. The molecule has 1 aromatic carbocycles. The Morgan fingerprint density at radius 1 is 1.19 bits per heavy atom. The molecule has 0 aromatic heterocycles. The summed E-state index contributed by atoms with van der Waals surface area (Å²) in [7, 11) is -4.87. The van der Waals surface area contributed by atoms with Crippen LogP contribution >= 0.6 is 0 Å². The van der Waals surface area contributed by atoms with E-state index in [1.165, 1.54) is 0 Å². The van der Waals surface area contributed by atoms with Gasteiger partial charge in [0.25, 0.3) is 0 Å². The fourth-order valence-electron chi connectivity index (χ4n) is 2.05. The Morgan fingerprint density at radius 2 is 1.71 bits per heavy atom. The second-order valence-electron chi connectivity index (χ2n) is 4.48. The maximum Gasteiger partial charge on any atom is 0.307 e. The smallest absolute Gasteiger partial charge is 0.307 e. The van der Waals surface area contributed by atoms with Gasteiger partial charge >= 0.3 is 5.97 Å². The number of sulfonamides is 1. The Kier molecular flexibility index (Phi) is 3.93. The van der Waals surface area contributed by atoms with Crippen LogP contribution in [-0.2, 0) is 14.8 Å². The third kappa shape index (κ3) is 2.60. The average Bonchev–Trinajstić information content (AvgIpc) is 2.87. The lowest BCUT2D eigenvalue weighted by Gasteiger charge is -2.17. The fourth-order valence-corrected chi connectivity index (χ4v) is 3.68. The van der Waals surface area contributed by atoms with Crippen molar-refractivity contribution >= 4 is 16.0 Å². The molecule has 1 aliphatic heterocycles. The maximum absolute atomic E-state index is 13.5. The molecule has 0 saturated carbocycles. The number of halogens is 4. The van der Waals surface area contributed by atoms with E-state index in [-0.39, 0.29) is 19.0 Å². The number of carboxylic acid groups (broad SMARTS) is 1. The molecule has 0 aliphatic carbocycles. The van der Waals surface area contributed by atoms with Crippen molar-refractivity contribution in [3.05, 3.63) is 29.3 Å². The van der Waals surface area contributed by atoms with E-state index in [4.69, 9.17) is 5.11 Å². The van der Waals surface area contributed by atoms with Gasteiger partial charge < -0.3 is 5.11 Å². The zero-order chi connectivity index (χ0) is 15.9. The van der Waals surface area contributed by atoms with Crippen LogP contribution < -0.4 is 0 Å². The third-order valence-electron chi connectivity index (χ3n) is 3.17. The lowest BCUT2D eigenvalue weighted by Crippen LogP contribution is -2.32. The predicted molar refractivity (Wildman–Crippen MR) is 60.8 cm³/mol. The number of carbonyl (C=O) groups is 1. The molecule has 1 saturated heterocycles. The van der Waals surface area contributed by atoms with Gasteiger partial charge in [-0.2, -0.15) is 4.31 Å². The number of hydrogen-bond acceptors (Lipinski definition) is 3. The second kappa shape index (κ2) is 5.26.